The Kier molecular flexibility index (Phi) is 10.1. The van der Waals surface area contributed by atoms with E-state index >= 15 is 0 Å². The van der Waals surface area contributed by atoms with Gasteiger partial charge in [0.25, 0.3) is 5.91 Å². The largest absolute Gasteiger partial charge is 0.490 e. The Hall–Kier alpha value is -3.05. The standard InChI is InChI=1S/C22H26F2N2O2.C2HF3O2/c1-15(12-19-20(23)4-3-5-21(19)24)25-22(27)18-8-6-17(7-9-18)14-26-10-11-28-16(2)13-26;3-2(4,5)1(6)7/h3-9,15-16H,10-14H2,1-2H3,(H,25,27);(H,6,7). The van der Waals surface area contributed by atoms with E-state index in [0.29, 0.717) is 5.56 Å². The van der Waals surface area contributed by atoms with Crippen molar-refractivity contribution < 1.29 is 41.4 Å². The number of hydrogen-bond acceptors (Lipinski definition) is 4. The number of benzene rings is 2. The Morgan fingerprint density at radius 2 is 1.71 bits per heavy atom. The predicted molar refractivity (Wildman–Crippen MR) is 118 cm³/mol. The molecule has 2 aromatic carbocycles. The van der Waals surface area contributed by atoms with Crippen LogP contribution >= 0.6 is 0 Å². The Morgan fingerprint density at radius 1 is 1.14 bits per heavy atom. The molecule has 192 valence electrons. The summed E-state index contributed by atoms with van der Waals surface area (Å²) in [6.45, 7) is 7.15. The highest BCUT2D eigenvalue weighted by Crippen LogP contribution is 2.15. The summed E-state index contributed by atoms with van der Waals surface area (Å²) in [5.74, 6) is -4.20. The maximum Gasteiger partial charge on any atom is 0.490 e. The summed E-state index contributed by atoms with van der Waals surface area (Å²) in [7, 11) is 0. The Bertz CT molecular complexity index is 978. The summed E-state index contributed by atoms with van der Waals surface area (Å²) >= 11 is 0. The molecule has 2 N–H and O–H groups in total. The highest BCUT2D eigenvalue weighted by molar-refractivity contribution is 5.94. The molecule has 0 aromatic heterocycles. The minimum atomic E-state index is -5.08. The lowest BCUT2D eigenvalue weighted by molar-refractivity contribution is -0.192. The van der Waals surface area contributed by atoms with Crippen LogP contribution in [-0.4, -0.2) is 59.9 Å². The number of carbonyl (C=O) groups is 2. The van der Waals surface area contributed by atoms with Crippen molar-refractivity contribution in [2.75, 3.05) is 19.7 Å². The molecule has 1 aliphatic rings. The molecule has 1 amide bonds. The van der Waals surface area contributed by atoms with Gasteiger partial charge in [0.1, 0.15) is 11.6 Å². The first-order valence-corrected chi connectivity index (χ1v) is 10.8. The minimum absolute atomic E-state index is 0.00890. The summed E-state index contributed by atoms with van der Waals surface area (Å²) < 4.78 is 64.8. The molecule has 2 unspecified atom stereocenters. The van der Waals surface area contributed by atoms with Crippen LogP contribution in [0.4, 0.5) is 22.0 Å². The van der Waals surface area contributed by atoms with E-state index in [0.717, 1.165) is 31.8 Å². The van der Waals surface area contributed by atoms with Gasteiger partial charge < -0.3 is 15.2 Å². The van der Waals surface area contributed by atoms with E-state index in [9.17, 15) is 26.7 Å². The number of rotatable bonds is 6. The topological polar surface area (TPSA) is 78.9 Å². The Morgan fingerprint density at radius 3 is 2.23 bits per heavy atom. The molecule has 35 heavy (non-hydrogen) atoms. The van der Waals surface area contributed by atoms with Crippen LogP contribution in [0.15, 0.2) is 42.5 Å². The fourth-order valence-corrected chi connectivity index (χ4v) is 3.45. The van der Waals surface area contributed by atoms with Crippen molar-refractivity contribution in [2.24, 2.45) is 0 Å². The summed E-state index contributed by atoms with van der Waals surface area (Å²) in [4.78, 5) is 23.7. The quantitative estimate of drug-likeness (QED) is 0.580. The summed E-state index contributed by atoms with van der Waals surface area (Å²) in [6.07, 6.45) is -4.75. The number of nitrogens with zero attached hydrogens (tertiary/aromatic N) is 1. The van der Waals surface area contributed by atoms with Crippen molar-refractivity contribution in [2.45, 2.75) is 45.1 Å². The molecule has 3 rings (SSSR count). The molecule has 0 spiro atoms. The second kappa shape index (κ2) is 12.6. The van der Waals surface area contributed by atoms with Gasteiger partial charge in [0.15, 0.2) is 0 Å². The number of carboxylic acid groups (broad SMARTS) is 1. The van der Waals surface area contributed by atoms with E-state index < -0.39 is 29.8 Å². The van der Waals surface area contributed by atoms with Gasteiger partial charge in [-0.25, -0.2) is 13.6 Å². The summed E-state index contributed by atoms with van der Waals surface area (Å²) in [5, 5.41) is 9.93. The van der Waals surface area contributed by atoms with Gasteiger partial charge in [0.2, 0.25) is 0 Å². The molecule has 0 saturated carbocycles. The van der Waals surface area contributed by atoms with Crippen molar-refractivity contribution in [1.82, 2.24) is 10.2 Å². The Balaban J connectivity index is 0.000000540. The normalized spacial score (nSPS) is 17.2. The first kappa shape index (κ1) is 28.2. The van der Waals surface area contributed by atoms with Gasteiger partial charge in [-0.3, -0.25) is 9.69 Å². The number of halogens is 5. The van der Waals surface area contributed by atoms with Crippen LogP contribution in [0.2, 0.25) is 0 Å². The average molecular weight is 502 g/mol. The Labute approximate surface area is 199 Å². The van der Waals surface area contributed by atoms with Crippen LogP contribution in [0, 0.1) is 11.6 Å². The number of amides is 1. The molecule has 0 aliphatic carbocycles. The van der Waals surface area contributed by atoms with Crippen LogP contribution in [0.25, 0.3) is 0 Å². The maximum atomic E-state index is 13.8. The first-order valence-electron chi connectivity index (χ1n) is 10.8. The molecule has 1 heterocycles. The molecule has 11 heteroatoms. The van der Waals surface area contributed by atoms with Gasteiger partial charge in [0, 0.05) is 36.8 Å². The zero-order valence-electron chi connectivity index (χ0n) is 19.2. The predicted octanol–water partition coefficient (Wildman–Crippen LogP) is 4.18. The molecular weight excluding hydrogens is 475 g/mol. The van der Waals surface area contributed by atoms with Crippen molar-refractivity contribution in [1.29, 1.82) is 0 Å². The number of carboxylic acids is 1. The highest BCUT2D eigenvalue weighted by Gasteiger charge is 2.38. The van der Waals surface area contributed by atoms with Gasteiger partial charge in [-0.15, -0.1) is 0 Å². The fourth-order valence-electron chi connectivity index (χ4n) is 3.45. The van der Waals surface area contributed by atoms with E-state index in [4.69, 9.17) is 14.6 Å². The summed E-state index contributed by atoms with van der Waals surface area (Å²) in [6, 6.07) is 10.8. The van der Waals surface area contributed by atoms with E-state index in [1.807, 2.05) is 12.1 Å². The molecule has 1 fully saturated rings. The number of morpholine rings is 1. The summed E-state index contributed by atoms with van der Waals surface area (Å²) in [5.41, 5.74) is 1.65. The van der Waals surface area contributed by atoms with Crippen molar-refractivity contribution in [3.8, 4) is 0 Å². The lowest BCUT2D eigenvalue weighted by Gasteiger charge is -2.31. The smallest absolute Gasteiger partial charge is 0.475 e. The van der Waals surface area contributed by atoms with Crippen molar-refractivity contribution in [3.63, 3.8) is 0 Å². The van der Waals surface area contributed by atoms with E-state index in [-0.39, 0.29) is 24.0 Å². The fraction of sp³-hybridized carbons (Fsp3) is 0.417. The zero-order valence-corrected chi connectivity index (χ0v) is 19.2. The lowest BCUT2D eigenvalue weighted by atomic mass is 10.0. The second-order valence-electron chi connectivity index (χ2n) is 8.20. The minimum Gasteiger partial charge on any atom is -0.475 e. The van der Waals surface area contributed by atoms with E-state index in [1.165, 1.54) is 18.2 Å². The van der Waals surface area contributed by atoms with Gasteiger partial charge in [0.05, 0.1) is 12.7 Å². The van der Waals surface area contributed by atoms with Crippen LogP contribution in [0.1, 0.15) is 35.3 Å². The SMILES string of the molecule is CC(Cc1c(F)cccc1F)NC(=O)c1ccc(CN2CCOC(C)C2)cc1.O=C(O)C(F)(F)F. The highest BCUT2D eigenvalue weighted by atomic mass is 19.4. The third kappa shape index (κ3) is 9.25. The number of alkyl halides is 3. The van der Waals surface area contributed by atoms with Crippen LogP contribution < -0.4 is 5.32 Å². The molecule has 0 bridgehead atoms. The molecule has 6 nitrogen and oxygen atoms in total. The molecule has 1 saturated heterocycles. The van der Waals surface area contributed by atoms with Gasteiger partial charge >= 0.3 is 12.1 Å². The molecule has 1 aliphatic heterocycles. The van der Waals surface area contributed by atoms with Crippen molar-refractivity contribution in [3.05, 3.63) is 70.8 Å². The second-order valence-corrected chi connectivity index (χ2v) is 8.20. The molecule has 2 atom stereocenters. The van der Waals surface area contributed by atoms with Gasteiger partial charge in [-0.2, -0.15) is 13.2 Å². The first-order chi connectivity index (χ1) is 16.4. The number of aliphatic carboxylic acids is 1. The van der Waals surface area contributed by atoms with Crippen molar-refractivity contribution >= 4 is 11.9 Å². The number of ether oxygens (including phenoxy) is 1. The van der Waals surface area contributed by atoms with Crippen LogP contribution in [-0.2, 0) is 22.5 Å². The number of hydrogen-bond donors (Lipinski definition) is 2. The molecule has 2 aromatic rings. The zero-order chi connectivity index (χ0) is 26.2. The lowest BCUT2D eigenvalue weighted by Crippen LogP contribution is -2.40. The van der Waals surface area contributed by atoms with E-state index in [1.54, 1.807) is 19.1 Å². The van der Waals surface area contributed by atoms with Gasteiger partial charge in [-0.05, 0) is 50.1 Å². The van der Waals surface area contributed by atoms with Gasteiger partial charge in [-0.1, -0.05) is 18.2 Å². The monoisotopic (exact) mass is 502 g/mol. The number of carbonyl (C=O) groups excluding carboxylic acids is 1. The van der Waals surface area contributed by atoms with E-state index in [2.05, 4.69) is 17.1 Å². The maximum absolute atomic E-state index is 13.8. The van der Waals surface area contributed by atoms with Crippen LogP contribution in [0.3, 0.4) is 0 Å². The number of nitrogens with one attached hydrogen (secondary N) is 1. The van der Waals surface area contributed by atoms with Crippen LogP contribution in [0.5, 0.6) is 0 Å². The third-order valence-electron chi connectivity index (χ3n) is 5.14. The average Bonchev–Trinajstić information content (AvgIpc) is 2.76. The molecular formula is C24H27F5N2O4. The third-order valence-corrected chi connectivity index (χ3v) is 5.14. The molecule has 0 radical (unpaired) electrons.